The summed E-state index contributed by atoms with van der Waals surface area (Å²) in [5.41, 5.74) is 3.88. The van der Waals surface area contributed by atoms with Crippen molar-refractivity contribution in [2.24, 2.45) is 5.84 Å². The van der Waals surface area contributed by atoms with Gasteiger partial charge in [0.1, 0.15) is 0 Å². The first-order valence-corrected chi connectivity index (χ1v) is 6.09. The quantitative estimate of drug-likeness (QED) is 0.420. The van der Waals surface area contributed by atoms with E-state index < -0.39 is 0 Å². The number of ether oxygens (including phenoxy) is 1. The lowest BCUT2D eigenvalue weighted by Crippen LogP contribution is -2.37. The van der Waals surface area contributed by atoms with E-state index in [4.69, 9.17) is 10.6 Å². The normalized spacial score (nSPS) is 13.0. The van der Waals surface area contributed by atoms with Gasteiger partial charge in [0.05, 0.1) is 5.01 Å². The molecule has 0 amide bonds. The van der Waals surface area contributed by atoms with E-state index in [-0.39, 0.29) is 6.04 Å². The van der Waals surface area contributed by atoms with Gasteiger partial charge in [-0.25, -0.2) is 4.98 Å². The van der Waals surface area contributed by atoms with Crippen LogP contribution in [0.4, 0.5) is 0 Å². The van der Waals surface area contributed by atoms with Gasteiger partial charge in [-0.15, -0.1) is 11.3 Å². The fourth-order valence-electron chi connectivity index (χ4n) is 1.32. The monoisotopic (exact) mass is 229 g/mol. The molecule has 1 aromatic rings. The topological polar surface area (TPSA) is 60.2 Å². The molecule has 1 rings (SSSR count). The number of rotatable bonds is 7. The molecule has 0 aliphatic carbocycles. The van der Waals surface area contributed by atoms with Crippen LogP contribution in [-0.2, 0) is 11.2 Å². The van der Waals surface area contributed by atoms with Crippen LogP contribution in [0.15, 0.2) is 5.38 Å². The summed E-state index contributed by atoms with van der Waals surface area (Å²) in [6.07, 6.45) is 1.80. The van der Waals surface area contributed by atoms with Gasteiger partial charge in [-0.3, -0.25) is 11.3 Å². The molecule has 1 unspecified atom stereocenters. The second-order valence-corrected chi connectivity index (χ2v) is 4.38. The summed E-state index contributed by atoms with van der Waals surface area (Å²) in [6, 6.07) is 0.252. The second-order valence-electron chi connectivity index (χ2n) is 3.44. The highest BCUT2D eigenvalue weighted by molar-refractivity contribution is 7.09. The molecule has 0 aliphatic rings. The Labute approximate surface area is 94.8 Å². The molecule has 5 heteroatoms. The molecule has 0 aromatic carbocycles. The first-order valence-electron chi connectivity index (χ1n) is 5.21. The molecular weight excluding hydrogens is 210 g/mol. The van der Waals surface area contributed by atoms with Crippen molar-refractivity contribution in [1.29, 1.82) is 0 Å². The standard InChI is InChI=1S/C10H19N3OS/c1-3-14-5-4-9(13-11)6-10-12-8(2)7-15-10/h7,9,13H,3-6,11H2,1-2H3. The number of aromatic nitrogens is 1. The highest BCUT2D eigenvalue weighted by Gasteiger charge is 2.09. The zero-order valence-corrected chi connectivity index (χ0v) is 10.1. The summed E-state index contributed by atoms with van der Waals surface area (Å²) in [4.78, 5) is 4.41. The largest absolute Gasteiger partial charge is 0.382 e. The van der Waals surface area contributed by atoms with Crippen molar-refractivity contribution in [3.8, 4) is 0 Å². The molecule has 86 valence electrons. The van der Waals surface area contributed by atoms with Crippen molar-refractivity contribution in [2.45, 2.75) is 32.7 Å². The number of hydrogen-bond acceptors (Lipinski definition) is 5. The minimum absolute atomic E-state index is 0.252. The first kappa shape index (κ1) is 12.6. The number of hydrogen-bond donors (Lipinski definition) is 2. The predicted octanol–water partition coefficient (Wildman–Crippen LogP) is 1.25. The van der Waals surface area contributed by atoms with Gasteiger partial charge >= 0.3 is 0 Å². The van der Waals surface area contributed by atoms with E-state index in [0.717, 1.165) is 36.8 Å². The molecule has 4 nitrogen and oxygen atoms in total. The van der Waals surface area contributed by atoms with E-state index in [9.17, 15) is 0 Å². The van der Waals surface area contributed by atoms with Gasteiger partial charge in [0.25, 0.3) is 0 Å². The molecule has 1 aromatic heterocycles. The lowest BCUT2D eigenvalue weighted by molar-refractivity contribution is 0.136. The van der Waals surface area contributed by atoms with Gasteiger partial charge in [0.15, 0.2) is 0 Å². The van der Waals surface area contributed by atoms with Crippen LogP contribution in [0.1, 0.15) is 24.0 Å². The third-order valence-electron chi connectivity index (χ3n) is 2.14. The van der Waals surface area contributed by atoms with Crippen molar-refractivity contribution in [3.05, 3.63) is 16.1 Å². The van der Waals surface area contributed by atoms with Crippen molar-refractivity contribution < 1.29 is 4.74 Å². The summed E-state index contributed by atoms with van der Waals surface area (Å²) in [6.45, 7) is 5.50. The van der Waals surface area contributed by atoms with Crippen molar-refractivity contribution in [2.75, 3.05) is 13.2 Å². The molecule has 0 fully saturated rings. The number of nitrogens with zero attached hydrogens (tertiary/aromatic N) is 1. The van der Waals surface area contributed by atoms with E-state index in [0.29, 0.717) is 0 Å². The molecule has 1 atom stereocenters. The zero-order chi connectivity index (χ0) is 11.1. The van der Waals surface area contributed by atoms with E-state index in [1.54, 1.807) is 11.3 Å². The molecule has 0 saturated carbocycles. The van der Waals surface area contributed by atoms with Crippen molar-refractivity contribution >= 4 is 11.3 Å². The third kappa shape index (κ3) is 4.70. The Kier molecular flexibility index (Phi) is 5.78. The summed E-state index contributed by atoms with van der Waals surface area (Å²) in [5, 5.41) is 3.19. The van der Waals surface area contributed by atoms with Crippen LogP contribution >= 0.6 is 11.3 Å². The lowest BCUT2D eigenvalue weighted by Gasteiger charge is -2.13. The number of nitrogens with two attached hydrogens (primary N) is 1. The Morgan fingerprint density at radius 1 is 1.67 bits per heavy atom. The summed E-state index contributed by atoms with van der Waals surface area (Å²) >= 11 is 1.68. The average Bonchev–Trinajstić information content (AvgIpc) is 2.63. The van der Waals surface area contributed by atoms with Crippen molar-refractivity contribution in [3.63, 3.8) is 0 Å². The Morgan fingerprint density at radius 2 is 2.47 bits per heavy atom. The molecule has 0 aliphatic heterocycles. The zero-order valence-electron chi connectivity index (χ0n) is 9.32. The van der Waals surface area contributed by atoms with Crippen LogP contribution in [0.3, 0.4) is 0 Å². The Balaban J connectivity index is 2.33. The SMILES string of the molecule is CCOCCC(Cc1nc(C)cs1)NN. The Hall–Kier alpha value is -0.490. The van der Waals surface area contributed by atoms with Gasteiger partial charge in [0, 0.05) is 36.8 Å². The summed E-state index contributed by atoms with van der Waals surface area (Å²) in [7, 11) is 0. The maximum Gasteiger partial charge on any atom is 0.0944 e. The van der Waals surface area contributed by atoms with Crippen LogP contribution in [0.2, 0.25) is 0 Å². The minimum Gasteiger partial charge on any atom is -0.382 e. The molecule has 15 heavy (non-hydrogen) atoms. The van der Waals surface area contributed by atoms with E-state index in [1.165, 1.54) is 0 Å². The fraction of sp³-hybridized carbons (Fsp3) is 0.700. The Morgan fingerprint density at radius 3 is 3.00 bits per heavy atom. The smallest absolute Gasteiger partial charge is 0.0944 e. The van der Waals surface area contributed by atoms with Gasteiger partial charge in [-0.1, -0.05) is 0 Å². The fourth-order valence-corrected chi connectivity index (χ4v) is 2.17. The molecule has 0 spiro atoms. The molecule has 0 radical (unpaired) electrons. The molecule has 1 heterocycles. The van der Waals surface area contributed by atoms with Crippen LogP contribution in [0.25, 0.3) is 0 Å². The number of hydrazine groups is 1. The maximum atomic E-state index is 5.48. The highest BCUT2D eigenvalue weighted by Crippen LogP contribution is 2.12. The van der Waals surface area contributed by atoms with Crippen molar-refractivity contribution in [1.82, 2.24) is 10.4 Å². The third-order valence-corrected chi connectivity index (χ3v) is 3.13. The van der Waals surface area contributed by atoms with Gasteiger partial charge in [-0.05, 0) is 20.3 Å². The van der Waals surface area contributed by atoms with E-state index >= 15 is 0 Å². The number of nitrogens with one attached hydrogen (secondary N) is 1. The van der Waals surface area contributed by atoms with Gasteiger partial charge in [-0.2, -0.15) is 0 Å². The van der Waals surface area contributed by atoms with Crippen LogP contribution in [-0.4, -0.2) is 24.2 Å². The summed E-state index contributed by atoms with van der Waals surface area (Å²) in [5.74, 6) is 5.48. The van der Waals surface area contributed by atoms with Crippen LogP contribution in [0.5, 0.6) is 0 Å². The molecule has 0 bridgehead atoms. The average molecular weight is 229 g/mol. The molecular formula is C10H19N3OS. The van der Waals surface area contributed by atoms with Gasteiger partial charge < -0.3 is 4.74 Å². The highest BCUT2D eigenvalue weighted by atomic mass is 32.1. The Bertz CT molecular complexity index is 277. The second kappa shape index (κ2) is 6.90. The first-order chi connectivity index (χ1) is 7.26. The minimum atomic E-state index is 0.252. The van der Waals surface area contributed by atoms with Crippen LogP contribution < -0.4 is 11.3 Å². The number of aryl methyl sites for hydroxylation is 1. The molecule has 0 saturated heterocycles. The number of thiazole rings is 1. The predicted molar refractivity (Wildman–Crippen MR) is 62.8 cm³/mol. The lowest BCUT2D eigenvalue weighted by atomic mass is 10.1. The van der Waals surface area contributed by atoms with Crippen LogP contribution in [0, 0.1) is 6.92 Å². The maximum absolute atomic E-state index is 5.48. The van der Waals surface area contributed by atoms with E-state index in [1.807, 2.05) is 13.8 Å². The molecule has 3 N–H and O–H groups in total. The van der Waals surface area contributed by atoms with E-state index in [2.05, 4.69) is 15.8 Å². The summed E-state index contributed by atoms with van der Waals surface area (Å²) < 4.78 is 5.30. The van der Waals surface area contributed by atoms with Gasteiger partial charge in [0.2, 0.25) is 0 Å².